The van der Waals surface area contributed by atoms with Crippen LogP contribution in [0.3, 0.4) is 0 Å². The molecule has 0 spiro atoms. The number of hydrogen-bond acceptors (Lipinski definition) is 7. The van der Waals surface area contributed by atoms with Gasteiger partial charge in [0.25, 0.3) is 0 Å². The van der Waals surface area contributed by atoms with Crippen molar-refractivity contribution in [1.29, 1.82) is 0 Å². The fourth-order valence-corrected chi connectivity index (χ4v) is 8.47. The zero-order valence-corrected chi connectivity index (χ0v) is 26.0. The Morgan fingerprint density at radius 3 is 2.43 bits per heavy atom. The Kier molecular flexibility index (Phi) is 7.41. The third kappa shape index (κ3) is 4.68. The third-order valence-corrected chi connectivity index (χ3v) is 10.7. The zero-order chi connectivity index (χ0) is 30.7. The molecule has 9 heteroatoms. The number of benzene rings is 2. The number of hydrogen-bond donors (Lipinski definition) is 1. The van der Waals surface area contributed by atoms with Gasteiger partial charge < -0.3 is 9.84 Å². The average Bonchev–Trinajstić information content (AvgIpc) is 3.29. The Morgan fingerprint density at radius 2 is 1.73 bits per heavy atom. The van der Waals surface area contributed by atoms with Gasteiger partial charge in [-0.2, -0.15) is 0 Å². The molecule has 0 bridgehead atoms. The zero-order valence-electron chi connectivity index (χ0n) is 24.4. The van der Waals surface area contributed by atoms with Crippen molar-refractivity contribution in [2.24, 2.45) is 17.8 Å². The Labute approximate surface area is 264 Å². The number of halogens is 1. The normalized spacial score (nSPS) is 27.5. The molecular weight excluding hydrogens is 624 g/mol. The molecule has 2 heterocycles. The number of ether oxygens (including phenoxy) is 1. The summed E-state index contributed by atoms with van der Waals surface area (Å²) in [4.78, 5) is 58.9. The fraction of sp³-hybridized carbons (Fsp3) is 0.371. The molecular formula is C35H33BrN2O6. The first-order valence-corrected chi connectivity index (χ1v) is 16.0. The molecule has 0 unspecified atom stereocenters. The second kappa shape index (κ2) is 11.3. The highest BCUT2D eigenvalue weighted by atomic mass is 79.9. The van der Waals surface area contributed by atoms with Crippen molar-refractivity contribution < 1.29 is 29.0 Å². The van der Waals surface area contributed by atoms with Crippen LogP contribution in [0.2, 0.25) is 0 Å². The van der Waals surface area contributed by atoms with Crippen LogP contribution in [0.1, 0.15) is 42.7 Å². The first kappa shape index (κ1) is 28.9. The van der Waals surface area contributed by atoms with E-state index in [0.29, 0.717) is 28.9 Å². The predicted molar refractivity (Wildman–Crippen MR) is 166 cm³/mol. The van der Waals surface area contributed by atoms with E-state index < -0.39 is 23.7 Å². The smallest absolute Gasteiger partial charge is 0.233 e. The van der Waals surface area contributed by atoms with E-state index in [1.54, 1.807) is 12.1 Å². The summed E-state index contributed by atoms with van der Waals surface area (Å²) >= 11 is 3.26. The Hall–Kier alpha value is -3.82. The number of piperidine rings is 1. The summed E-state index contributed by atoms with van der Waals surface area (Å²) in [5.74, 6) is -2.76. The van der Waals surface area contributed by atoms with Gasteiger partial charge in [0.05, 0.1) is 23.4 Å². The number of likely N-dealkylation sites (tertiary alicyclic amines) is 2. The van der Waals surface area contributed by atoms with E-state index in [1.807, 2.05) is 24.3 Å². The largest absolute Gasteiger partial charge is 0.507 e. The summed E-state index contributed by atoms with van der Waals surface area (Å²) in [5.41, 5.74) is 3.21. The molecule has 2 aromatic rings. The van der Waals surface area contributed by atoms with Crippen LogP contribution in [0.5, 0.6) is 11.5 Å². The number of imide groups is 1. The molecule has 0 saturated carbocycles. The van der Waals surface area contributed by atoms with E-state index in [9.17, 15) is 24.3 Å². The monoisotopic (exact) mass is 656 g/mol. The van der Waals surface area contributed by atoms with Gasteiger partial charge in [-0.3, -0.25) is 29.0 Å². The molecule has 3 aliphatic carbocycles. The number of phenols is 1. The number of amides is 2. The van der Waals surface area contributed by atoms with Crippen LogP contribution < -0.4 is 4.74 Å². The van der Waals surface area contributed by atoms with Crippen LogP contribution in [0, 0.1) is 17.8 Å². The molecule has 2 aliphatic heterocycles. The van der Waals surface area contributed by atoms with E-state index >= 15 is 0 Å². The van der Waals surface area contributed by atoms with Gasteiger partial charge in [0.15, 0.2) is 11.6 Å². The molecule has 0 aromatic heterocycles. The van der Waals surface area contributed by atoms with E-state index in [-0.39, 0.29) is 46.1 Å². The number of ketones is 2. The van der Waals surface area contributed by atoms with Gasteiger partial charge in [-0.05, 0) is 59.2 Å². The molecule has 4 atom stereocenters. The second-order valence-electron chi connectivity index (χ2n) is 12.4. The average molecular weight is 658 g/mol. The first-order chi connectivity index (χ1) is 21.3. The van der Waals surface area contributed by atoms with Crippen LogP contribution in [-0.4, -0.2) is 64.5 Å². The predicted octanol–water partition coefficient (Wildman–Crippen LogP) is 4.83. The summed E-state index contributed by atoms with van der Waals surface area (Å²) in [5, 5.41) is 11.1. The molecule has 2 aromatic carbocycles. The maximum Gasteiger partial charge on any atom is 0.233 e. The highest BCUT2D eigenvalue weighted by Crippen LogP contribution is 2.56. The molecule has 5 aliphatic rings. The minimum Gasteiger partial charge on any atom is -0.507 e. The molecule has 1 N–H and O–H groups in total. The number of phenolic OH excluding ortho intramolecular Hbond substituents is 1. The van der Waals surface area contributed by atoms with Crippen LogP contribution >= 0.6 is 15.9 Å². The number of methoxy groups -OCH3 is 1. The molecule has 226 valence electrons. The maximum absolute atomic E-state index is 14.3. The van der Waals surface area contributed by atoms with E-state index in [0.717, 1.165) is 38.0 Å². The highest BCUT2D eigenvalue weighted by molar-refractivity contribution is 9.12. The summed E-state index contributed by atoms with van der Waals surface area (Å²) in [6, 6.07) is 15.0. The van der Waals surface area contributed by atoms with E-state index in [1.165, 1.54) is 29.7 Å². The molecule has 2 saturated heterocycles. The third-order valence-electron chi connectivity index (χ3n) is 10.1. The molecule has 8 nitrogen and oxygen atoms in total. The van der Waals surface area contributed by atoms with Crippen molar-refractivity contribution in [3.05, 3.63) is 93.0 Å². The number of aromatic hydroxyl groups is 1. The number of Topliss-reactive ketones (excluding diaryl/α,β-unsaturated/α-hetero) is 1. The summed E-state index contributed by atoms with van der Waals surface area (Å²) in [6.07, 6.45) is 5.28. The lowest BCUT2D eigenvalue weighted by atomic mass is 9.59. The van der Waals surface area contributed by atoms with Crippen LogP contribution in [0.15, 0.2) is 81.9 Å². The maximum atomic E-state index is 14.3. The summed E-state index contributed by atoms with van der Waals surface area (Å²) < 4.78 is 5.45. The van der Waals surface area contributed by atoms with Crippen molar-refractivity contribution in [1.82, 2.24) is 9.80 Å². The van der Waals surface area contributed by atoms with Gasteiger partial charge in [0, 0.05) is 60.4 Å². The minimum absolute atomic E-state index is 0.0588. The molecule has 2 amide bonds. The molecule has 44 heavy (non-hydrogen) atoms. The lowest BCUT2D eigenvalue weighted by molar-refractivity contribution is -0.144. The first-order valence-electron chi connectivity index (χ1n) is 15.2. The van der Waals surface area contributed by atoms with Crippen molar-refractivity contribution in [2.75, 3.05) is 20.2 Å². The van der Waals surface area contributed by atoms with Crippen molar-refractivity contribution >= 4 is 39.3 Å². The van der Waals surface area contributed by atoms with Gasteiger partial charge in [-0.1, -0.05) is 48.0 Å². The summed E-state index contributed by atoms with van der Waals surface area (Å²) in [7, 11) is 1.50. The van der Waals surface area contributed by atoms with Gasteiger partial charge in [0.1, 0.15) is 11.5 Å². The topological polar surface area (TPSA) is 104 Å². The number of carbonyl (C=O) groups excluding carboxylic acids is 4. The van der Waals surface area contributed by atoms with Crippen molar-refractivity contribution in [3.8, 4) is 11.5 Å². The van der Waals surface area contributed by atoms with Crippen molar-refractivity contribution in [2.45, 2.75) is 44.2 Å². The van der Waals surface area contributed by atoms with Gasteiger partial charge in [-0.25, -0.2) is 0 Å². The Balaban J connectivity index is 1.19. The highest BCUT2D eigenvalue weighted by Gasteiger charge is 2.57. The number of allylic oxidation sites excluding steroid dienone is 6. The van der Waals surface area contributed by atoms with Gasteiger partial charge in [0.2, 0.25) is 11.8 Å². The SMILES string of the molecule is COc1ccc([C@H]2C3=CC[C@@H]4C(=O)N(C5CCN(Cc6ccccc6)CC5)C(=O)[C@@H]4[C@@H]3CC3=C2C(=O)C=C(Br)C3=O)c(O)c1. The molecule has 0 radical (unpaired) electrons. The van der Waals surface area contributed by atoms with E-state index in [2.05, 4.69) is 33.0 Å². The molecule has 7 rings (SSSR count). The van der Waals surface area contributed by atoms with Gasteiger partial charge >= 0.3 is 0 Å². The lowest BCUT2D eigenvalue weighted by Crippen LogP contribution is -2.47. The Morgan fingerprint density at radius 1 is 0.977 bits per heavy atom. The fourth-order valence-electron chi connectivity index (χ4n) is 8.02. The van der Waals surface area contributed by atoms with Crippen LogP contribution in [-0.2, 0) is 25.7 Å². The van der Waals surface area contributed by atoms with E-state index in [4.69, 9.17) is 4.74 Å². The van der Waals surface area contributed by atoms with Crippen molar-refractivity contribution in [3.63, 3.8) is 0 Å². The number of rotatable bonds is 5. The quantitative estimate of drug-likeness (QED) is 0.279. The van der Waals surface area contributed by atoms with Gasteiger partial charge in [-0.15, -0.1) is 0 Å². The minimum atomic E-state index is -0.706. The number of nitrogens with zero attached hydrogens (tertiary/aromatic N) is 2. The number of fused-ring (bicyclic) bond motifs is 3. The Bertz CT molecular complexity index is 1670. The second-order valence-corrected chi connectivity index (χ2v) is 13.2. The molecule has 2 fully saturated rings. The number of carbonyl (C=O) groups is 4. The summed E-state index contributed by atoms with van der Waals surface area (Å²) in [6.45, 7) is 2.43. The van der Waals surface area contributed by atoms with Crippen LogP contribution in [0.25, 0.3) is 0 Å². The lowest BCUT2D eigenvalue weighted by Gasteiger charge is -2.42. The standard InChI is InChI=1S/C35H33BrN2O6/c1-44-21-7-8-23(28(39)15-21)30-22-9-10-24-31(25(22)16-26-32(30)29(40)17-27(36)33(26)41)35(43)38(34(24)42)20-11-13-37(14-12-20)18-19-5-3-2-4-6-19/h2-9,15,17,20,24-25,30-31,39H,10-14,16,18H2,1H3/t24-,25+,30+,31-/m0/s1. The van der Waals surface area contributed by atoms with Crippen LogP contribution in [0.4, 0.5) is 0 Å².